The number of para-hydroxylation sites is 1. The highest BCUT2D eigenvalue weighted by molar-refractivity contribution is 5.79. The predicted octanol–water partition coefficient (Wildman–Crippen LogP) is 2.52. The van der Waals surface area contributed by atoms with Crippen molar-refractivity contribution in [3.63, 3.8) is 0 Å². The lowest BCUT2D eigenvalue weighted by molar-refractivity contribution is -0.137. The molecule has 0 amide bonds. The van der Waals surface area contributed by atoms with Crippen molar-refractivity contribution in [2.24, 2.45) is 0 Å². The molecule has 1 aromatic rings. The monoisotopic (exact) mass is 236 g/mol. The molecule has 1 aromatic carbocycles. The summed E-state index contributed by atoms with van der Waals surface area (Å²) in [7, 11) is 0. The van der Waals surface area contributed by atoms with Crippen LogP contribution in [-0.4, -0.2) is 23.5 Å². The van der Waals surface area contributed by atoms with Gasteiger partial charge in [0.25, 0.3) is 0 Å². The van der Waals surface area contributed by atoms with Crippen molar-refractivity contribution >= 4 is 12.3 Å². The zero-order chi connectivity index (χ0) is 12.7. The van der Waals surface area contributed by atoms with Crippen molar-refractivity contribution in [3.05, 3.63) is 29.8 Å². The molecular weight excluding hydrogens is 220 g/mol. The Balaban J connectivity index is 2.66. The highest BCUT2D eigenvalue weighted by atomic mass is 16.5. The number of carboxylic acid groups (broad SMARTS) is 1. The van der Waals surface area contributed by atoms with Crippen LogP contribution in [0.2, 0.25) is 0 Å². The molecule has 1 N–H and O–H groups in total. The number of carbonyl (C=O) groups excluding carboxylic acids is 1. The molecule has 0 aliphatic carbocycles. The Hall–Kier alpha value is -1.84. The molecule has 0 bridgehead atoms. The molecule has 0 aliphatic heterocycles. The van der Waals surface area contributed by atoms with Crippen LogP contribution in [0.5, 0.6) is 5.75 Å². The van der Waals surface area contributed by atoms with Crippen molar-refractivity contribution in [2.45, 2.75) is 32.3 Å². The van der Waals surface area contributed by atoms with Crippen LogP contribution in [-0.2, 0) is 4.79 Å². The smallest absolute Gasteiger partial charge is 0.303 e. The van der Waals surface area contributed by atoms with Gasteiger partial charge in [-0.2, -0.15) is 0 Å². The largest absolute Gasteiger partial charge is 0.490 e. The molecule has 0 radical (unpaired) electrons. The predicted molar refractivity (Wildman–Crippen MR) is 63.4 cm³/mol. The van der Waals surface area contributed by atoms with Gasteiger partial charge >= 0.3 is 5.97 Å². The Morgan fingerprint density at radius 2 is 2.18 bits per heavy atom. The first-order chi connectivity index (χ1) is 8.17. The van der Waals surface area contributed by atoms with E-state index in [2.05, 4.69) is 0 Å². The van der Waals surface area contributed by atoms with Gasteiger partial charge < -0.3 is 9.84 Å². The van der Waals surface area contributed by atoms with Gasteiger partial charge in [0.15, 0.2) is 6.29 Å². The number of carboxylic acids is 1. The summed E-state index contributed by atoms with van der Waals surface area (Å²) < 4.78 is 5.64. The first-order valence-electron chi connectivity index (χ1n) is 5.60. The van der Waals surface area contributed by atoms with Gasteiger partial charge in [-0.05, 0) is 25.0 Å². The quantitative estimate of drug-likeness (QED) is 0.739. The van der Waals surface area contributed by atoms with Crippen molar-refractivity contribution in [1.29, 1.82) is 0 Å². The SMILES string of the molecule is CCC(CCC(=O)O)Oc1ccccc1C=O. The first kappa shape index (κ1) is 13.2. The maximum atomic E-state index is 10.8. The van der Waals surface area contributed by atoms with E-state index in [-0.39, 0.29) is 12.5 Å². The van der Waals surface area contributed by atoms with Gasteiger partial charge in [0, 0.05) is 6.42 Å². The summed E-state index contributed by atoms with van der Waals surface area (Å²) in [5, 5.41) is 8.61. The zero-order valence-corrected chi connectivity index (χ0v) is 9.76. The summed E-state index contributed by atoms with van der Waals surface area (Å²) in [6, 6.07) is 6.93. The summed E-state index contributed by atoms with van der Waals surface area (Å²) in [5.74, 6) is -0.324. The minimum absolute atomic E-state index is 0.0712. The van der Waals surface area contributed by atoms with Crippen LogP contribution in [0.15, 0.2) is 24.3 Å². The fraction of sp³-hybridized carbons (Fsp3) is 0.385. The molecule has 0 saturated carbocycles. The van der Waals surface area contributed by atoms with Gasteiger partial charge in [0.05, 0.1) is 11.7 Å². The van der Waals surface area contributed by atoms with Crippen molar-refractivity contribution in [1.82, 2.24) is 0 Å². The lowest BCUT2D eigenvalue weighted by Gasteiger charge is -2.17. The van der Waals surface area contributed by atoms with Crippen molar-refractivity contribution in [3.8, 4) is 5.75 Å². The Labute approximate surface area is 100 Å². The third kappa shape index (κ3) is 4.26. The lowest BCUT2D eigenvalue weighted by Crippen LogP contribution is -2.17. The van der Waals surface area contributed by atoms with Crippen LogP contribution < -0.4 is 4.74 Å². The van der Waals surface area contributed by atoms with Crippen LogP contribution in [0, 0.1) is 0 Å². The minimum Gasteiger partial charge on any atom is -0.490 e. The van der Waals surface area contributed by atoms with E-state index >= 15 is 0 Å². The second-order valence-corrected chi connectivity index (χ2v) is 3.74. The molecule has 0 heterocycles. The van der Waals surface area contributed by atoms with Gasteiger partial charge in [-0.15, -0.1) is 0 Å². The molecule has 92 valence electrons. The van der Waals surface area contributed by atoms with Crippen molar-refractivity contribution in [2.75, 3.05) is 0 Å². The standard InChI is InChI=1S/C13H16O4/c1-2-11(7-8-13(15)16)17-12-6-4-3-5-10(12)9-14/h3-6,9,11H,2,7-8H2,1H3,(H,15,16). The third-order valence-electron chi connectivity index (χ3n) is 2.48. The molecule has 0 saturated heterocycles. The number of ether oxygens (including phenoxy) is 1. The molecule has 0 aliphatic rings. The van der Waals surface area contributed by atoms with E-state index in [4.69, 9.17) is 9.84 Å². The fourth-order valence-electron chi connectivity index (χ4n) is 1.50. The van der Waals surface area contributed by atoms with Crippen LogP contribution in [0.1, 0.15) is 36.5 Å². The van der Waals surface area contributed by atoms with E-state index in [0.29, 0.717) is 24.2 Å². The third-order valence-corrected chi connectivity index (χ3v) is 2.48. The molecule has 1 atom stereocenters. The highest BCUT2D eigenvalue weighted by Gasteiger charge is 2.12. The second kappa shape index (κ2) is 6.68. The molecule has 4 nitrogen and oxygen atoms in total. The minimum atomic E-state index is -0.837. The number of aliphatic carboxylic acids is 1. The van der Waals surface area contributed by atoms with Crippen LogP contribution in [0.3, 0.4) is 0 Å². The molecule has 0 fully saturated rings. The van der Waals surface area contributed by atoms with E-state index in [0.717, 1.165) is 6.29 Å². The Bertz CT molecular complexity index is 387. The number of benzene rings is 1. The van der Waals surface area contributed by atoms with Crippen LogP contribution in [0.4, 0.5) is 0 Å². The molecular formula is C13H16O4. The zero-order valence-electron chi connectivity index (χ0n) is 9.76. The van der Waals surface area contributed by atoms with E-state index < -0.39 is 5.97 Å². The lowest BCUT2D eigenvalue weighted by atomic mass is 10.1. The topological polar surface area (TPSA) is 63.6 Å². The summed E-state index contributed by atoms with van der Waals surface area (Å²) in [5.41, 5.74) is 0.487. The van der Waals surface area contributed by atoms with Crippen LogP contribution in [0.25, 0.3) is 0 Å². The first-order valence-corrected chi connectivity index (χ1v) is 5.60. The number of hydrogen-bond acceptors (Lipinski definition) is 3. The normalized spacial score (nSPS) is 11.8. The fourth-order valence-corrected chi connectivity index (χ4v) is 1.50. The van der Waals surface area contributed by atoms with Gasteiger partial charge in [-0.1, -0.05) is 19.1 Å². The molecule has 1 unspecified atom stereocenters. The van der Waals surface area contributed by atoms with Gasteiger partial charge in [-0.25, -0.2) is 0 Å². The van der Waals surface area contributed by atoms with E-state index in [1.165, 1.54) is 0 Å². The number of rotatable bonds is 7. The van der Waals surface area contributed by atoms with Gasteiger partial charge in [0.2, 0.25) is 0 Å². The summed E-state index contributed by atoms with van der Waals surface area (Å²) >= 11 is 0. The van der Waals surface area contributed by atoms with Crippen LogP contribution >= 0.6 is 0 Å². The summed E-state index contributed by atoms with van der Waals surface area (Å²) in [6.07, 6.45) is 1.78. The highest BCUT2D eigenvalue weighted by Crippen LogP contribution is 2.20. The summed E-state index contributed by atoms with van der Waals surface area (Å²) in [4.78, 5) is 21.3. The number of aldehydes is 1. The van der Waals surface area contributed by atoms with E-state index in [1.807, 2.05) is 6.92 Å². The molecule has 17 heavy (non-hydrogen) atoms. The number of hydrogen-bond donors (Lipinski definition) is 1. The van der Waals surface area contributed by atoms with Gasteiger partial charge in [0.1, 0.15) is 5.75 Å². The average molecular weight is 236 g/mol. The molecule has 4 heteroatoms. The Kier molecular flexibility index (Phi) is 5.20. The van der Waals surface area contributed by atoms with E-state index in [9.17, 15) is 9.59 Å². The second-order valence-electron chi connectivity index (χ2n) is 3.74. The van der Waals surface area contributed by atoms with E-state index in [1.54, 1.807) is 24.3 Å². The molecule has 0 aromatic heterocycles. The number of carbonyl (C=O) groups is 2. The molecule has 1 rings (SSSR count). The average Bonchev–Trinajstić information content (AvgIpc) is 2.34. The Morgan fingerprint density at radius 3 is 2.76 bits per heavy atom. The maximum absolute atomic E-state index is 10.8. The molecule has 0 spiro atoms. The Morgan fingerprint density at radius 1 is 1.47 bits per heavy atom. The summed E-state index contributed by atoms with van der Waals surface area (Å²) in [6.45, 7) is 1.93. The van der Waals surface area contributed by atoms with Gasteiger partial charge in [-0.3, -0.25) is 9.59 Å². The van der Waals surface area contributed by atoms with Crippen molar-refractivity contribution < 1.29 is 19.4 Å². The maximum Gasteiger partial charge on any atom is 0.303 e.